The molecular weight excluding hydrogens is 490 g/mol. The number of halogens is 1. The maximum absolute atomic E-state index is 13.4. The van der Waals surface area contributed by atoms with Gasteiger partial charge in [-0.25, -0.2) is 4.79 Å². The standard InChI is InChI=1S/C29H38ClN3O4/c1-19(2)25(27(35)33-16-14-21(15-17-33)20-10-12-23(30)13-11-20)32-26(34)24-9-7-6-8-22(24)18-31-28(36)37-29(3,4)5/h6-13,19,21,25H,14-18H2,1-5H3,(H,31,36)(H,32,34)/t25-/m1/s1. The zero-order valence-electron chi connectivity index (χ0n) is 22.3. The van der Waals surface area contributed by atoms with E-state index in [-0.39, 0.29) is 24.3 Å². The predicted molar refractivity (Wildman–Crippen MR) is 146 cm³/mol. The van der Waals surface area contributed by atoms with Gasteiger partial charge in [0.05, 0.1) is 0 Å². The van der Waals surface area contributed by atoms with Gasteiger partial charge in [0.25, 0.3) is 5.91 Å². The third kappa shape index (κ3) is 8.22. The quantitative estimate of drug-likeness (QED) is 0.496. The summed E-state index contributed by atoms with van der Waals surface area (Å²) >= 11 is 6.02. The fraction of sp³-hybridized carbons (Fsp3) is 0.483. The van der Waals surface area contributed by atoms with Crippen LogP contribution in [0.1, 0.15) is 74.9 Å². The van der Waals surface area contributed by atoms with Crippen LogP contribution in [0.15, 0.2) is 48.5 Å². The molecule has 1 fully saturated rings. The van der Waals surface area contributed by atoms with Gasteiger partial charge < -0.3 is 20.3 Å². The molecule has 2 aromatic carbocycles. The number of hydrogen-bond donors (Lipinski definition) is 2. The summed E-state index contributed by atoms with van der Waals surface area (Å²) in [6.07, 6.45) is 1.18. The van der Waals surface area contributed by atoms with Crippen LogP contribution in [-0.2, 0) is 16.1 Å². The highest BCUT2D eigenvalue weighted by Crippen LogP contribution is 2.29. The molecule has 0 bridgehead atoms. The van der Waals surface area contributed by atoms with Crippen molar-refractivity contribution in [2.45, 2.75) is 71.6 Å². The summed E-state index contributed by atoms with van der Waals surface area (Å²) in [7, 11) is 0. The van der Waals surface area contributed by atoms with E-state index in [1.165, 1.54) is 5.56 Å². The van der Waals surface area contributed by atoms with Gasteiger partial charge in [-0.3, -0.25) is 9.59 Å². The van der Waals surface area contributed by atoms with E-state index >= 15 is 0 Å². The Morgan fingerprint density at radius 3 is 2.24 bits per heavy atom. The zero-order chi connectivity index (χ0) is 27.2. The highest BCUT2D eigenvalue weighted by Gasteiger charge is 2.32. The average molecular weight is 528 g/mol. The molecule has 8 heteroatoms. The fourth-order valence-electron chi connectivity index (χ4n) is 4.47. The average Bonchev–Trinajstić information content (AvgIpc) is 2.85. The highest BCUT2D eigenvalue weighted by molar-refractivity contribution is 6.30. The number of amides is 3. The summed E-state index contributed by atoms with van der Waals surface area (Å²) < 4.78 is 5.29. The van der Waals surface area contributed by atoms with Crippen LogP contribution in [0.3, 0.4) is 0 Å². The number of nitrogens with zero attached hydrogens (tertiary/aromatic N) is 1. The van der Waals surface area contributed by atoms with Crippen molar-refractivity contribution < 1.29 is 19.1 Å². The molecule has 37 heavy (non-hydrogen) atoms. The molecule has 0 aliphatic carbocycles. The van der Waals surface area contributed by atoms with E-state index < -0.39 is 17.7 Å². The van der Waals surface area contributed by atoms with Crippen LogP contribution in [0.25, 0.3) is 0 Å². The molecular formula is C29H38ClN3O4. The lowest BCUT2D eigenvalue weighted by atomic mass is 9.89. The molecule has 3 amide bonds. The summed E-state index contributed by atoms with van der Waals surface area (Å²) in [5.74, 6) is -0.109. The molecule has 200 valence electrons. The normalized spacial score (nSPS) is 15.3. The number of carbonyl (C=O) groups excluding carboxylic acids is 3. The van der Waals surface area contributed by atoms with Crippen molar-refractivity contribution in [1.29, 1.82) is 0 Å². The van der Waals surface area contributed by atoms with E-state index in [0.29, 0.717) is 35.2 Å². The van der Waals surface area contributed by atoms with Gasteiger partial charge in [-0.05, 0) is 74.8 Å². The molecule has 7 nitrogen and oxygen atoms in total. The minimum atomic E-state index is -0.647. The van der Waals surface area contributed by atoms with Crippen molar-refractivity contribution in [2.75, 3.05) is 13.1 Å². The van der Waals surface area contributed by atoms with Crippen molar-refractivity contribution in [3.63, 3.8) is 0 Å². The highest BCUT2D eigenvalue weighted by atomic mass is 35.5. The molecule has 0 radical (unpaired) electrons. The summed E-state index contributed by atoms with van der Waals surface area (Å²) in [5, 5.41) is 6.37. The number of likely N-dealkylation sites (tertiary alicyclic amines) is 1. The van der Waals surface area contributed by atoms with Gasteiger partial charge in [0.1, 0.15) is 11.6 Å². The van der Waals surface area contributed by atoms with Gasteiger partial charge in [0.15, 0.2) is 0 Å². The Bertz CT molecular complexity index is 1090. The van der Waals surface area contributed by atoms with Crippen LogP contribution >= 0.6 is 11.6 Å². The van der Waals surface area contributed by atoms with Crippen LogP contribution in [0, 0.1) is 5.92 Å². The van der Waals surface area contributed by atoms with E-state index in [4.69, 9.17) is 16.3 Å². The Morgan fingerprint density at radius 1 is 1.03 bits per heavy atom. The van der Waals surface area contributed by atoms with Crippen molar-refractivity contribution >= 4 is 29.5 Å². The molecule has 1 atom stereocenters. The van der Waals surface area contributed by atoms with Gasteiger partial charge in [0.2, 0.25) is 5.91 Å². The van der Waals surface area contributed by atoms with Gasteiger partial charge in [-0.2, -0.15) is 0 Å². The maximum Gasteiger partial charge on any atom is 0.407 e. The van der Waals surface area contributed by atoms with Crippen molar-refractivity contribution in [3.05, 3.63) is 70.2 Å². The van der Waals surface area contributed by atoms with Gasteiger partial charge in [-0.15, -0.1) is 0 Å². The maximum atomic E-state index is 13.4. The number of nitrogens with one attached hydrogen (secondary N) is 2. The second-order valence-corrected chi connectivity index (χ2v) is 11.3. The molecule has 3 rings (SSSR count). The van der Waals surface area contributed by atoms with E-state index in [2.05, 4.69) is 22.8 Å². The molecule has 0 spiro atoms. The predicted octanol–water partition coefficient (Wildman–Crippen LogP) is 5.53. The Morgan fingerprint density at radius 2 is 1.65 bits per heavy atom. The number of piperidine rings is 1. The molecule has 2 N–H and O–H groups in total. The molecule has 1 saturated heterocycles. The Balaban J connectivity index is 1.62. The Labute approximate surface area is 224 Å². The van der Waals surface area contributed by atoms with E-state index in [1.54, 1.807) is 45.0 Å². The molecule has 0 saturated carbocycles. The molecule has 1 aliphatic rings. The summed E-state index contributed by atoms with van der Waals surface area (Å²) in [5.41, 5.74) is 1.68. The summed E-state index contributed by atoms with van der Waals surface area (Å²) in [6.45, 7) is 10.6. The van der Waals surface area contributed by atoms with Gasteiger partial charge in [0, 0.05) is 30.2 Å². The largest absolute Gasteiger partial charge is 0.444 e. The van der Waals surface area contributed by atoms with Crippen molar-refractivity contribution in [3.8, 4) is 0 Å². The van der Waals surface area contributed by atoms with Crippen LogP contribution in [0.2, 0.25) is 5.02 Å². The third-order valence-electron chi connectivity index (χ3n) is 6.45. The number of rotatable bonds is 7. The number of hydrogen-bond acceptors (Lipinski definition) is 4. The van der Waals surface area contributed by atoms with Crippen LogP contribution < -0.4 is 10.6 Å². The molecule has 1 aliphatic heterocycles. The molecule has 1 heterocycles. The first kappa shape index (κ1) is 28.5. The lowest BCUT2D eigenvalue weighted by Gasteiger charge is -2.35. The second kappa shape index (κ2) is 12.5. The third-order valence-corrected chi connectivity index (χ3v) is 6.70. The first-order chi connectivity index (χ1) is 17.4. The second-order valence-electron chi connectivity index (χ2n) is 10.9. The number of alkyl carbamates (subject to hydrolysis) is 1. The van der Waals surface area contributed by atoms with Crippen molar-refractivity contribution in [2.24, 2.45) is 5.92 Å². The minimum Gasteiger partial charge on any atom is -0.444 e. The lowest BCUT2D eigenvalue weighted by molar-refractivity contribution is -0.135. The molecule has 0 aromatic heterocycles. The summed E-state index contributed by atoms with van der Waals surface area (Å²) in [4.78, 5) is 40.7. The van der Waals surface area contributed by atoms with E-state index in [1.807, 2.05) is 30.9 Å². The van der Waals surface area contributed by atoms with E-state index in [0.717, 1.165) is 12.8 Å². The fourth-order valence-corrected chi connectivity index (χ4v) is 4.60. The number of carbonyl (C=O) groups is 3. The Kier molecular flexibility index (Phi) is 9.60. The first-order valence-electron chi connectivity index (χ1n) is 12.8. The van der Waals surface area contributed by atoms with Crippen LogP contribution in [0.5, 0.6) is 0 Å². The van der Waals surface area contributed by atoms with Crippen LogP contribution in [-0.4, -0.2) is 47.5 Å². The van der Waals surface area contributed by atoms with Crippen LogP contribution in [0.4, 0.5) is 4.79 Å². The zero-order valence-corrected chi connectivity index (χ0v) is 23.1. The van der Waals surface area contributed by atoms with E-state index in [9.17, 15) is 14.4 Å². The molecule has 2 aromatic rings. The first-order valence-corrected chi connectivity index (χ1v) is 13.2. The number of ether oxygens (including phenoxy) is 1. The lowest BCUT2D eigenvalue weighted by Crippen LogP contribution is -2.53. The summed E-state index contributed by atoms with van der Waals surface area (Å²) in [6, 6.07) is 14.3. The van der Waals surface area contributed by atoms with Gasteiger partial charge in [-0.1, -0.05) is 55.8 Å². The topological polar surface area (TPSA) is 87.7 Å². The SMILES string of the molecule is CC(C)[C@@H](NC(=O)c1ccccc1CNC(=O)OC(C)(C)C)C(=O)N1CCC(c2ccc(Cl)cc2)CC1. The van der Waals surface area contributed by atoms with Crippen molar-refractivity contribution in [1.82, 2.24) is 15.5 Å². The smallest absolute Gasteiger partial charge is 0.407 e. The monoisotopic (exact) mass is 527 g/mol. The molecule has 0 unspecified atom stereocenters. The minimum absolute atomic E-state index is 0.0673. The Hall–Kier alpha value is -3.06. The van der Waals surface area contributed by atoms with Gasteiger partial charge >= 0.3 is 6.09 Å². The number of benzene rings is 2.